The van der Waals surface area contributed by atoms with E-state index in [9.17, 15) is 4.79 Å². The van der Waals surface area contributed by atoms with Crippen molar-refractivity contribution in [2.24, 2.45) is 17.8 Å². The van der Waals surface area contributed by atoms with Gasteiger partial charge in [0.15, 0.2) is 0 Å². The van der Waals surface area contributed by atoms with Crippen molar-refractivity contribution >= 4 is 11.6 Å². The Labute approximate surface area is 113 Å². The van der Waals surface area contributed by atoms with Crippen LogP contribution in [0.1, 0.15) is 37.7 Å². The van der Waals surface area contributed by atoms with E-state index in [1.807, 2.05) is 0 Å². The summed E-state index contributed by atoms with van der Waals surface area (Å²) < 4.78 is 0. The van der Waals surface area contributed by atoms with E-state index in [-0.39, 0.29) is 5.91 Å². The predicted molar refractivity (Wildman–Crippen MR) is 73.3 cm³/mol. The Kier molecular flexibility index (Phi) is 3.25. The SMILES string of the molecule is N#Cc1ccc(NC(=O)C[C@@H]2C[C@@H]3CC[C@@H]2C3)cc1. The molecule has 19 heavy (non-hydrogen) atoms. The Bertz CT molecular complexity index is 515. The third-order valence-corrected chi connectivity index (χ3v) is 4.63. The van der Waals surface area contributed by atoms with Crippen molar-refractivity contribution in [3.8, 4) is 6.07 Å². The minimum atomic E-state index is 0.113. The molecule has 3 heteroatoms. The van der Waals surface area contributed by atoms with Crippen LogP contribution in [0.25, 0.3) is 0 Å². The number of benzene rings is 1. The normalized spacial score (nSPS) is 28.1. The lowest BCUT2D eigenvalue weighted by Gasteiger charge is -2.20. The predicted octanol–water partition coefficient (Wildman–Crippen LogP) is 3.32. The molecule has 3 nitrogen and oxygen atoms in total. The highest BCUT2D eigenvalue weighted by Crippen LogP contribution is 2.49. The van der Waals surface area contributed by atoms with E-state index in [4.69, 9.17) is 5.26 Å². The zero-order valence-corrected chi connectivity index (χ0v) is 10.9. The van der Waals surface area contributed by atoms with E-state index in [1.165, 1.54) is 25.7 Å². The number of rotatable bonds is 3. The minimum Gasteiger partial charge on any atom is -0.326 e. The number of fused-ring (bicyclic) bond motifs is 2. The third kappa shape index (κ3) is 2.63. The van der Waals surface area contributed by atoms with Crippen molar-refractivity contribution < 1.29 is 4.79 Å². The highest BCUT2D eigenvalue weighted by molar-refractivity contribution is 5.90. The molecule has 2 aliphatic carbocycles. The minimum absolute atomic E-state index is 0.113. The van der Waals surface area contributed by atoms with E-state index in [1.54, 1.807) is 24.3 Å². The lowest BCUT2D eigenvalue weighted by molar-refractivity contribution is -0.117. The summed E-state index contributed by atoms with van der Waals surface area (Å²) in [5, 5.41) is 11.7. The molecule has 0 unspecified atom stereocenters. The fourth-order valence-electron chi connectivity index (χ4n) is 3.70. The quantitative estimate of drug-likeness (QED) is 0.899. The molecule has 2 fully saturated rings. The molecule has 2 saturated carbocycles. The van der Waals surface area contributed by atoms with Crippen LogP contribution in [0.3, 0.4) is 0 Å². The van der Waals surface area contributed by atoms with E-state index in [2.05, 4.69) is 11.4 Å². The van der Waals surface area contributed by atoms with Gasteiger partial charge in [0.25, 0.3) is 0 Å². The first kappa shape index (κ1) is 12.2. The van der Waals surface area contributed by atoms with Gasteiger partial charge in [-0.1, -0.05) is 6.42 Å². The molecule has 3 atom stereocenters. The second-order valence-corrected chi connectivity index (χ2v) is 5.88. The third-order valence-electron chi connectivity index (χ3n) is 4.63. The molecule has 0 saturated heterocycles. The van der Waals surface area contributed by atoms with Crippen LogP contribution in [0.5, 0.6) is 0 Å². The summed E-state index contributed by atoms with van der Waals surface area (Å²) in [5.41, 5.74) is 1.40. The molecule has 98 valence electrons. The average Bonchev–Trinajstić information content (AvgIpc) is 3.02. The van der Waals surface area contributed by atoms with E-state index in [0.717, 1.165) is 17.5 Å². The molecule has 0 aromatic heterocycles. The number of anilines is 1. The molecule has 2 aliphatic rings. The first-order valence-corrected chi connectivity index (χ1v) is 7.04. The van der Waals surface area contributed by atoms with Crippen molar-refractivity contribution in [3.05, 3.63) is 29.8 Å². The summed E-state index contributed by atoms with van der Waals surface area (Å²) >= 11 is 0. The highest BCUT2D eigenvalue weighted by atomic mass is 16.1. The lowest BCUT2D eigenvalue weighted by Crippen LogP contribution is -2.20. The number of nitrogens with one attached hydrogen (secondary N) is 1. The van der Waals surface area contributed by atoms with Crippen LogP contribution in [0.2, 0.25) is 0 Å². The number of nitriles is 1. The molecule has 2 bridgehead atoms. The fourth-order valence-corrected chi connectivity index (χ4v) is 3.70. The van der Waals surface area contributed by atoms with Gasteiger partial charge in [0.05, 0.1) is 11.6 Å². The van der Waals surface area contributed by atoms with Crippen LogP contribution in [0, 0.1) is 29.1 Å². The van der Waals surface area contributed by atoms with Gasteiger partial charge in [-0.2, -0.15) is 5.26 Å². The summed E-state index contributed by atoms with van der Waals surface area (Å²) in [5.74, 6) is 2.38. The van der Waals surface area contributed by atoms with Crippen molar-refractivity contribution in [2.45, 2.75) is 32.1 Å². The summed E-state index contributed by atoms with van der Waals surface area (Å²) in [7, 11) is 0. The first-order valence-electron chi connectivity index (χ1n) is 7.04. The molecule has 0 heterocycles. The Morgan fingerprint density at radius 3 is 2.63 bits per heavy atom. The van der Waals surface area contributed by atoms with Crippen LogP contribution >= 0.6 is 0 Å². The maximum atomic E-state index is 12.0. The van der Waals surface area contributed by atoms with E-state index >= 15 is 0 Å². The summed E-state index contributed by atoms with van der Waals surface area (Å²) in [6.45, 7) is 0. The van der Waals surface area contributed by atoms with Crippen LogP contribution in [0.15, 0.2) is 24.3 Å². The molecular formula is C16H18N2O. The van der Waals surface area contributed by atoms with Crippen molar-refractivity contribution in [3.63, 3.8) is 0 Å². The van der Waals surface area contributed by atoms with Crippen molar-refractivity contribution in [1.29, 1.82) is 5.26 Å². The summed E-state index contributed by atoms with van der Waals surface area (Å²) in [4.78, 5) is 12.0. The number of nitrogens with zero attached hydrogens (tertiary/aromatic N) is 1. The summed E-state index contributed by atoms with van der Waals surface area (Å²) in [6.07, 6.45) is 5.93. The maximum absolute atomic E-state index is 12.0. The number of hydrogen-bond acceptors (Lipinski definition) is 2. The zero-order valence-electron chi connectivity index (χ0n) is 10.9. The van der Waals surface area contributed by atoms with E-state index < -0.39 is 0 Å². The molecule has 1 amide bonds. The smallest absolute Gasteiger partial charge is 0.224 e. The molecule has 0 spiro atoms. The number of amides is 1. The van der Waals surface area contributed by atoms with Gasteiger partial charge in [0.1, 0.15) is 0 Å². The van der Waals surface area contributed by atoms with Crippen molar-refractivity contribution in [1.82, 2.24) is 0 Å². The number of carbonyl (C=O) groups is 1. The topological polar surface area (TPSA) is 52.9 Å². The molecule has 1 N–H and O–H groups in total. The van der Waals surface area contributed by atoms with Crippen LogP contribution < -0.4 is 5.32 Å². The molecule has 0 aliphatic heterocycles. The van der Waals surface area contributed by atoms with Crippen LogP contribution in [-0.2, 0) is 4.79 Å². The standard InChI is InChI=1S/C16H18N2O/c17-10-11-2-5-15(6-3-11)18-16(19)9-14-8-12-1-4-13(14)7-12/h2-3,5-6,12-14H,1,4,7-9H2,(H,18,19)/t12-,13-,14+/m1/s1. The van der Waals surface area contributed by atoms with Gasteiger partial charge < -0.3 is 5.32 Å². The van der Waals surface area contributed by atoms with Gasteiger partial charge in [0, 0.05) is 12.1 Å². The van der Waals surface area contributed by atoms with Gasteiger partial charge in [-0.15, -0.1) is 0 Å². The Morgan fingerprint density at radius 2 is 2.05 bits per heavy atom. The Morgan fingerprint density at radius 1 is 1.26 bits per heavy atom. The van der Waals surface area contributed by atoms with Gasteiger partial charge >= 0.3 is 0 Å². The van der Waals surface area contributed by atoms with Gasteiger partial charge in [0.2, 0.25) is 5.91 Å². The highest BCUT2D eigenvalue weighted by Gasteiger charge is 2.40. The maximum Gasteiger partial charge on any atom is 0.224 e. The molecule has 3 rings (SSSR count). The van der Waals surface area contributed by atoms with Gasteiger partial charge in [-0.05, 0) is 61.3 Å². The fraction of sp³-hybridized carbons (Fsp3) is 0.500. The molecular weight excluding hydrogens is 236 g/mol. The van der Waals surface area contributed by atoms with Crippen LogP contribution in [-0.4, -0.2) is 5.91 Å². The van der Waals surface area contributed by atoms with Crippen molar-refractivity contribution in [2.75, 3.05) is 5.32 Å². The molecule has 1 aromatic rings. The lowest BCUT2D eigenvalue weighted by atomic mass is 9.86. The monoisotopic (exact) mass is 254 g/mol. The largest absolute Gasteiger partial charge is 0.326 e. The van der Waals surface area contributed by atoms with Gasteiger partial charge in [-0.25, -0.2) is 0 Å². The first-order chi connectivity index (χ1) is 9.24. The van der Waals surface area contributed by atoms with Gasteiger partial charge in [-0.3, -0.25) is 4.79 Å². The van der Waals surface area contributed by atoms with E-state index in [0.29, 0.717) is 17.9 Å². The second kappa shape index (κ2) is 5.05. The Hall–Kier alpha value is -1.82. The second-order valence-electron chi connectivity index (χ2n) is 5.88. The van der Waals surface area contributed by atoms with Crippen LogP contribution in [0.4, 0.5) is 5.69 Å². The number of hydrogen-bond donors (Lipinski definition) is 1. The summed E-state index contributed by atoms with van der Waals surface area (Å²) in [6, 6.07) is 9.11. The molecule has 1 aromatic carbocycles. The number of carbonyl (C=O) groups excluding carboxylic acids is 1. The Balaban J connectivity index is 1.55. The molecule has 0 radical (unpaired) electrons. The zero-order chi connectivity index (χ0) is 13.2. The average molecular weight is 254 g/mol.